The Morgan fingerprint density at radius 1 is 1.56 bits per heavy atom. The van der Waals surface area contributed by atoms with Gasteiger partial charge in [0.2, 0.25) is 5.91 Å². The van der Waals surface area contributed by atoms with Gasteiger partial charge in [0.05, 0.1) is 16.9 Å². The molecular formula is C11H16ClN3O. The van der Waals surface area contributed by atoms with Crippen molar-refractivity contribution in [2.24, 2.45) is 0 Å². The van der Waals surface area contributed by atoms with Gasteiger partial charge in [-0.3, -0.25) is 9.78 Å². The van der Waals surface area contributed by atoms with E-state index in [4.69, 9.17) is 11.6 Å². The Hall–Kier alpha value is -1.13. The third kappa shape index (κ3) is 4.59. The van der Waals surface area contributed by atoms with E-state index < -0.39 is 0 Å². The Balaban J connectivity index is 2.37. The number of hydrogen-bond acceptors (Lipinski definition) is 3. The monoisotopic (exact) mass is 241 g/mol. The number of amides is 1. The van der Waals surface area contributed by atoms with Crippen molar-refractivity contribution in [1.29, 1.82) is 0 Å². The number of carbonyl (C=O) groups is 1. The van der Waals surface area contributed by atoms with Gasteiger partial charge < -0.3 is 10.6 Å². The van der Waals surface area contributed by atoms with Crippen LogP contribution in [0, 0.1) is 0 Å². The molecule has 0 unspecified atom stereocenters. The number of pyridine rings is 1. The maximum absolute atomic E-state index is 11.5. The largest absolute Gasteiger partial charge is 0.323 e. The van der Waals surface area contributed by atoms with E-state index in [9.17, 15) is 4.79 Å². The quantitative estimate of drug-likeness (QED) is 0.830. The van der Waals surface area contributed by atoms with Gasteiger partial charge in [-0.2, -0.15) is 0 Å². The average molecular weight is 242 g/mol. The number of nitrogens with one attached hydrogen (secondary N) is 2. The molecule has 1 amide bonds. The summed E-state index contributed by atoms with van der Waals surface area (Å²) in [6, 6.07) is 2.03. The minimum Gasteiger partial charge on any atom is -0.323 e. The van der Waals surface area contributed by atoms with E-state index in [-0.39, 0.29) is 5.91 Å². The molecule has 1 heterocycles. The molecule has 0 radical (unpaired) electrons. The molecule has 0 atom stereocenters. The maximum atomic E-state index is 11.5. The highest BCUT2D eigenvalue weighted by molar-refractivity contribution is 6.33. The maximum Gasteiger partial charge on any atom is 0.225 e. The van der Waals surface area contributed by atoms with E-state index in [1.165, 1.54) is 6.20 Å². The number of carbonyl (C=O) groups excluding carboxylic acids is 1. The molecule has 16 heavy (non-hydrogen) atoms. The van der Waals surface area contributed by atoms with E-state index in [0.29, 0.717) is 29.7 Å². The first-order valence-electron chi connectivity index (χ1n) is 5.22. The summed E-state index contributed by atoms with van der Waals surface area (Å²) >= 11 is 5.88. The van der Waals surface area contributed by atoms with Gasteiger partial charge in [-0.1, -0.05) is 25.4 Å². The van der Waals surface area contributed by atoms with Crippen molar-refractivity contribution in [3.8, 4) is 0 Å². The first-order valence-corrected chi connectivity index (χ1v) is 5.60. The predicted octanol–water partition coefficient (Wildman–Crippen LogP) is 2.06. The fourth-order valence-corrected chi connectivity index (χ4v) is 1.31. The second-order valence-corrected chi connectivity index (χ2v) is 4.17. The summed E-state index contributed by atoms with van der Waals surface area (Å²) in [7, 11) is 0. The number of hydrogen-bond donors (Lipinski definition) is 2. The number of rotatable bonds is 5. The molecule has 0 bridgehead atoms. The molecule has 0 aliphatic carbocycles. The minimum atomic E-state index is -0.0666. The van der Waals surface area contributed by atoms with E-state index in [1.54, 1.807) is 12.3 Å². The Labute approximate surface area is 100 Å². The normalized spacial score (nSPS) is 10.5. The van der Waals surface area contributed by atoms with Crippen LogP contribution in [0.5, 0.6) is 0 Å². The summed E-state index contributed by atoms with van der Waals surface area (Å²) in [4.78, 5) is 15.4. The zero-order valence-corrected chi connectivity index (χ0v) is 10.2. The molecule has 4 nitrogen and oxygen atoms in total. The molecule has 1 rings (SSSR count). The van der Waals surface area contributed by atoms with Crippen molar-refractivity contribution in [2.45, 2.75) is 26.3 Å². The Morgan fingerprint density at radius 2 is 2.31 bits per heavy atom. The molecule has 5 heteroatoms. The van der Waals surface area contributed by atoms with Gasteiger partial charge in [0.1, 0.15) is 0 Å². The summed E-state index contributed by atoms with van der Waals surface area (Å²) in [6.07, 6.45) is 3.54. The molecule has 0 aliphatic heterocycles. The fraction of sp³-hybridized carbons (Fsp3) is 0.455. The summed E-state index contributed by atoms with van der Waals surface area (Å²) in [5.74, 6) is -0.0666. The number of nitrogens with zero attached hydrogens (tertiary/aromatic N) is 1. The minimum absolute atomic E-state index is 0.0666. The lowest BCUT2D eigenvalue weighted by molar-refractivity contribution is -0.116. The third-order valence-electron chi connectivity index (χ3n) is 1.95. The topological polar surface area (TPSA) is 54.0 Å². The second-order valence-electron chi connectivity index (χ2n) is 3.76. The van der Waals surface area contributed by atoms with Crippen LogP contribution >= 0.6 is 11.6 Å². The van der Waals surface area contributed by atoms with Crippen LogP contribution in [0.4, 0.5) is 5.69 Å². The van der Waals surface area contributed by atoms with E-state index >= 15 is 0 Å². The Morgan fingerprint density at radius 3 is 2.94 bits per heavy atom. The van der Waals surface area contributed by atoms with Crippen LogP contribution < -0.4 is 10.6 Å². The second kappa shape index (κ2) is 6.45. The zero-order valence-electron chi connectivity index (χ0n) is 9.46. The molecule has 0 aliphatic rings. The van der Waals surface area contributed by atoms with Gasteiger partial charge in [0, 0.05) is 25.2 Å². The average Bonchev–Trinajstić information content (AvgIpc) is 2.21. The van der Waals surface area contributed by atoms with Gasteiger partial charge in [0.15, 0.2) is 0 Å². The SMILES string of the molecule is CC(C)NCCC(=O)Nc1cnccc1Cl. The fourth-order valence-electron chi connectivity index (χ4n) is 1.16. The molecule has 88 valence electrons. The first kappa shape index (κ1) is 12.9. The Bertz CT molecular complexity index is 355. The third-order valence-corrected chi connectivity index (χ3v) is 2.28. The van der Waals surface area contributed by atoms with E-state index in [1.807, 2.05) is 13.8 Å². The van der Waals surface area contributed by atoms with Crippen LogP contribution in [-0.2, 0) is 4.79 Å². The highest BCUT2D eigenvalue weighted by Crippen LogP contribution is 2.18. The highest BCUT2D eigenvalue weighted by atomic mass is 35.5. The van der Waals surface area contributed by atoms with Gasteiger partial charge >= 0.3 is 0 Å². The summed E-state index contributed by atoms with van der Waals surface area (Å²) in [5.41, 5.74) is 0.554. The lowest BCUT2D eigenvalue weighted by atomic mass is 10.3. The predicted molar refractivity (Wildman–Crippen MR) is 65.6 cm³/mol. The lowest BCUT2D eigenvalue weighted by Crippen LogP contribution is -2.27. The van der Waals surface area contributed by atoms with Crippen molar-refractivity contribution >= 4 is 23.2 Å². The molecule has 0 saturated heterocycles. The van der Waals surface area contributed by atoms with Crippen LogP contribution in [0.15, 0.2) is 18.5 Å². The van der Waals surface area contributed by atoms with Crippen molar-refractivity contribution in [3.63, 3.8) is 0 Å². The Kier molecular flexibility index (Phi) is 5.22. The van der Waals surface area contributed by atoms with Crippen molar-refractivity contribution < 1.29 is 4.79 Å². The van der Waals surface area contributed by atoms with E-state index in [0.717, 1.165) is 0 Å². The molecule has 0 spiro atoms. The highest BCUT2D eigenvalue weighted by Gasteiger charge is 2.05. The molecule has 2 N–H and O–H groups in total. The number of anilines is 1. The van der Waals surface area contributed by atoms with Crippen LogP contribution in [0.3, 0.4) is 0 Å². The zero-order chi connectivity index (χ0) is 12.0. The van der Waals surface area contributed by atoms with E-state index in [2.05, 4.69) is 15.6 Å². The smallest absolute Gasteiger partial charge is 0.225 e. The van der Waals surface area contributed by atoms with Crippen LogP contribution in [0.1, 0.15) is 20.3 Å². The van der Waals surface area contributed by atoms with Crippen molar-refractivity contribution in [2.75, 3.05) is 11.9 Å². The van der Waals surface area contributed by atoms with Gasteiger partial charge in [0.25, 0.3) is 0 Å². The van der Waals surface area contributed by atoms with Crippen LogP contribution in [-0.4, -0.2) is 23.5 Å². The van der Waals surface area contributed by atoms with Crippen LogP contribution in [0.25, 0.3) is 0 Å². The summed E-state index contributed by atoms with van der Waals surface area (Å²) in [6.45, 7) is 4.73. The summed E-state index contributed by atoms with van der Waals surface area (Å²) in [5, 5.41) is 6.38. The standard InChI is InChI=1S/C11H16ClN3O/c1-8(2)14-6-4-11(16)15-10-7-13-5-3-9(10)12/h3,5,7-8,14H,4,6H2,1-2H3,(H,15,16). The first-order chi connectivity index (χ1) is 7.59. The van der Waals surface area contributed by atoms with Gasteiger partial charge in [-0.05, 0) is 6.07 Å². The number of aromatic nitrogens is 1. The van der Waals surface area contributed by atoms with Gasteiger partial charge in [-0.25, -0.2) is 0 Å². The molecular weight excluding hydrogens is 226 g/mol. The molecule has 1 aromatic rings. The lowest BCUT2D eigenvalue weighted by Gasteiger charge is -2.08. The van der Waals surface area contributed by atoms with Crippen molar-refractivity contribution in [3.05, 3.63) is 23.5 Å². The summed E-state index contributed by atoms with van der Waals surface area (Å²) < 4.78 is 0. The van der Waals surface area contributed by atoms with Crippen LogP contribution in [0.2, 0.25) is 5.02 Å². The molecule has 0 saturated carbocycles. The molecule has 1 aromatic heterocycles. The number of halogens is 1. The van der Waals surface area contributed by atoms with Crippen molar-refractivity contribution in [1.82, 2.24) is 10.3 Å². The van der Waals surface area contributed by atoms with Gasteiger partial charge in [-0.15, -0.1) is 0 Å². The molecule has 0 aromatic carbocycles. The molecule has 0 fully saturated rings.